The number of nitrogens with one attached hydrogen (secondary N) is 2. The predicted molar refractivity (Wildman–Crippen MR) is 188 cm³/mol. The largest absolute Gasteiger partial charge is 0.449 e. The number of benzene rings is 1. The summed E-state index contributed by atoms with van der Waals surface area (Å²) in [6, 6.07) is 4.93. The second-order valence-corrected chi connectivity index (χ2v) is 15.1. The van der Waals surface area contributed by atoms with E-state index in [2.05, 4.69) is 32.4 Å². The van der Waals surface area contributed by atoms with Gasteiger partial charge in [-0.05, 0) is 84.9 Å². The Labute approximate surface area is 280 Å². The molecule has 1 aliphatic rings. The first-order valence-electron chi connectivity index (χ1n) is 16.4. The summed E-state index contributed by atoms with van der Waals surface area (Å²) < 4.78 is 39.5. The van der Waals surface area contributed by atoms with Crippen LogP contribution >= 0.6 is 11.3 Å². The van der Waals surface area contributed by atoms with Gasteiger partial charge in [-0.1, -0.05) is 52.5 Å². The fraction of sp³-hybridized carbons (Fsp3) is 0.667. The lowest BCUT2D eigenvalue weighted by atomic mass is 9.90. The number of thiazole rings is 1. The quantitative estimate of drug-likeness (QED) is 0.175. The number of carbonyl (C=O) groups is 2. The Balaban J connectivity index is 0.00000104. The fourth-order valence-corrected chi connectivity index (χ4v) is 7.83. The van der Waals surface area contributed by atoms with Crippen LogP contribution in [0.4, 0.5) is 15.3 Å². The summed E-state index contributed by atoms with van der Waals surface area (Å²) in [7, 11) is -3.89. The third-order valence-electron chi connectivity index (χ3n) is 6.78. The van der Waals surface area contributed by atoms with E-state index in [0.717, 1.165) is 42.0 Å². The molecule has 0 spiro atoms. The van der Waals surface area contributed by atoms with Crippen molar-refractivity contribution in [2.75, 3.05) is 18.5 Å². The lowest BCUT2D eigenvalue weighted by Gasteiger charge is -2.22. The molecule has 13 heteroatoms. The third kappa shape index (κ3) is 15.2. The third-order valence-corrected chi connectivity index (χ3v) is 9.77. The topological polar surface area (TPSA) is 176 Å². The summed E-state index contributed by atoms with van der Waals surface area (Å²) in [6.07, 6.45) is 8.96. The normalized spacial score (nSPS) is 14.3. The molecule has 1 heterocycles. The van der Waals surface area contributed by atoms with Crippen molar-refractivity contribution < 1.29 is 27.5 Å². The van der Waals surface area contributed by atoms with Crippen molar-refractivity contribution in [1.29, 1.82) is 0 Å². The Hall–Kier alpha value is -2.74. The van der Waals surface area contributed by atoms with Crippen LogP contribution in [0.5, 0.6) is 0 Å². The monoisotopic (exact) mass is 683 g/mol. The van der Waals surface area contributed by atoms with E-state index in [1.54, 1.807) is 64.3 Å². The van der Waals surface area contributed by atoms with Crippen LogP contribution in [-0.2, 0) is 19.5 Å². The van der Waals surface area contributed by atoms with Gasteiger partial charge < -0.3 is 20.9 Å². The van der Waals surface area contributed by atoms with Gasteiger partial charge in [-0.25, -0.2) is 27.7 Å². The number of rotatable bonds is 12. The van der Waals surface area contributed by atoms with Crippen molar-refractivity contribution in [1.82, 2.24) is 9.71 Å². The second-order valence-electron chi connectivity index (χ2n) is 12.4. The smallest absolute Gasteiger partial charge is 0.411 e. The lowest BCUT2D eigenvalue weighted by molar-refractivity contribution is 0.125. The Morgan fingerprint density at radius 2 is 1.76 bits per heavy atom. The number of anilines is 1. The maximum absolute atomic E-state index is 13.5. The highest BCUT2D eigenvalue weighted by Gasteiger charge is 2.27. The van der Waals surface area contributed by atoms with Crippen LogP contribution in [-0.4, -0.2) is 50.4 Å². The van der Waals surface area contributed by atoms with Gasteiger partial charge in [0, 0.05) is 28.9 Å². The van der Waals surface area contributed by atoms with Crippen LogP contribution < -0.4 is 21.5 Å². The summed E-state index contributed by atoms with van der Waals surface area (Å²) in [5.41, 5.74) is 10.6. The fourth-order valence-electron chi connectivity index (χ4n) is 4.97. The molecular weight excluding hydrogens is 627 g/mol. The zero-order valence-electron chi connectivity index (χ0n) is 29.0. The number of aromatic nitrogens is 1. The molecular formula is C33H57N5O6S2. The minimum atomic E-state index is -3.89. The highest BCUT2D eigenvalue weighted by atomic mass is 32.2. The van der Waals surface area contributed by atoms with Gasteiger partial charge in [-0.15, -0.1) is 11.3 Å². The number of amides is 2. The minimum Gasteiger partial charge on any atom is -0.449 e. The first kappa shape index (κ1) is 41.3. The highest BCUT2D eigenvalue weighted by molar-refractivity contribution is 7.89. The van der Waals surface area contributed by atoms with Gasteiger partial charge >= 0.3 is 12.2 Å². The summed E-state index contributed by atoms with van der Waals surface area (Å²) in [5.74, 6) is 0.645. The molecule has 1 saturated carbocycles. The van der Waals surface area contributed by atoms with Gasteiger partial charge in [-0.3, -0.25) is 5.32 Å². The number of primary amides is 1. The van der Waals surface area contributed by atoms with E-state index in [-0.39, 0.29) is 23.5 Å². The molecule has 1 aliphatic carbocycles. The maximum atomic E-state index is 13.5. The number of nitrogens with zero attached hydrogens (tertiary/aromatic N) is 1. The Bertz CT molecular complexity index is 1300. The molecule has 2 amide bonds. The van der Waals surface area contributed by atoms with Crippen molar-refractivity contribution >= 4 is 39.2 Å². The first-order chi connectivity index (χ1) is 21.6. The molecule has 11 nitrogen and oxygen atoms in total. The summed E-state index contributed by atoms with van der Waals surface area (Å²) in [4.78, 5) is 27.9. The molecule has 1 atom stereocenters. The van der Waals surface area contributed by atoms with E-state index in [0.29, 0.717) is 23.7 Å². The summed E-state index contributed by atoms with van der Waals surface area (Å²) in [5, 5.41) is 3.76. The van der Waals surface area contributed by atoms with E-state index in [4.69, 9.17) is 10.5 Å². The average molecular weight is 684 g/mol. The molecule has 2 aromatic rings. The molecule has 6 N–H and O–H groups in total. The molecule has 46 heavy (non-hydrogen) atoms. The van der Waals surface area contributed by atoms with Crippen LogP contribution in [0.25, 0.3) is 10.4 Å². The lowest BCUT2D eigenvalue weighted by Crippen LogP contribution is -2.40. The second kappa shape index (κ2) is 20.5. The molecule has 3 rings (SSSR count). The Kier molecular flexibility index (Phi) is 18.4. The van der Waals surface area contributed by atoms with Gasteiger partial charge in [0.1, 0.15) is 0 Å². The highest BCUT2D eigenvalue weighted by Crippen LogP contribution is 2.39. The number of hydrogen-bond acceptors (Lipinski definition) is 9. The number of carbonyl (C=O) groups excluding carboxylic acids is 2. The Morgan fingerprint density at radius 1 is 1.11 bits per heavy atom. The zero-order chi connectivity index (χ0) is 34.9. The first-order valence-corrected chi connectivity index (χ1v) is 18.7. The standard InChI is InChI=1S/C27H42N4O4S2.C4H9NO2.C2H6/c1-5-9-19(14-15-28)18-35-26(32)30-21-12-13-22(24(16-21)37(33,34)31-27(2,3)4)23-17-29-25(36-23)20-10-7-6-8-11-20;1-3(2)7-4(5)6;1-2/h12-13,16-17,19-20,31H,5-11,14-15,18,28H2,1-4H3,(H,30,32);3H,1-2H3,(H2,5,6);1-2H3. The number of hydrogen-bond donors (Lipinski definition) is 4. The molecule has 0 bridgehead atoms. The van der Waals surface area contributed by atoms with Gasteiger partial charge in [0.2, 0.25) is 10.0 Å². The van der Waals surface area contributed by atoms with Crippen LogP contribution in [0.15, 0.2) is 29.3 Å². The molecule has 1 unspecified atom stereocenters. The van der Waals surface area contributed by atoms with Crippen molar-refractivity contribution in [2.24, 2.45) is 17.4 Å². The SMILES string of the molecule is CC.CC(C)OC(N)=O.CCCC(CCN)COC(=O)Nc1ccc(-c2cnc(C3CCCCC3)s2)c(S(=O)(=O)NC(C)(C)C)c1. The van der Waals surface area contributed by atoms with E-state index in [1.807, 2.05) is 13.8 Å². The van der Waals surface area contributed by atoms with Gasteiger partial charge in [0.15, 0.2) is 0 Å². The number of nitrogens with two attached hydrogens (primary N) is 2. The summed E-state index contributed by atoms with van der Waals surface area (Å²) >= 11 is 1.56. The van der Waals surface area contributed by atoms with Gasteiger partial charge in [-0.2, -0.15) is 0 Å². The zero-order valence-corrected chi connectivity index (χ0v) is 30.6. The molecule has 0 radical (unpaired) electrons. The van der Waals surface area contributed by atoms with E-state index in [9.17, 15) is 18.0 Å². The van der Waals surface area contributed by atoms with Crippen molar-refractivity contribution in [2.45, 2.75) is 129 Å². The molecule has 0 aliphatic heterocycles. The number of ether oxygens (including phenoxy) is 2. The molecule has 1 aromatic carbocycles. The molecule has 1 fully saturated rings. The van der Waals surface area contributed by atoms with E-state index >= 15 is 0 Å². The van der Waals surface area contributed by atoms with Gasteiger partial charge in [0.25, 0.3) is 0 Å². The van der Waals surface area contributed by atoms with Crippen LogP contribution in [0, 0.1) is 5.92 Å². The van der Waals surface area contributed by atoms with Crippen LogP contribution in [0.2, 0.25) is 0 Å². The Morgan fingerprint density at radius 3 is 2.28 bits per heavy atom. The number of sulfonamides is 1. The minimum absolute atomic E-state index is 0.0995. The molecule has 262 valence electrons. The van der Waals surface area contributed by atoms with Crippen LogP contribution in [0.1, 0.15) is 118 Å². The van der Waals surface area contributed by atoms with Crippen molar-refractivity contribution in [3.05, 3.63) is 29.4 Å². The van der Waals surface area contributed by atoms with Crippen LogP contribution in [0.3, 0.4) is 0 Å². The maximum Gasteiger partial charge on any atom is 0.411 e. The molecule has 0 saturated heterocycles. The van der Waals surface area contributed by atoms with Crippen molar-refractivity contribution in [3.8, 4) is 10.4 Å². The summed E-state index contributed by atoms with van der Waals surface area (Å²) in [6.45, 7) is 15.8. The van der Waals surface area contributed by atoms with E-state index < -0.39 is 27.7 Å². The predicted octanol–water partition coefficient (Wildman–Crippen LogP) is 7.76. The average Bonchev–Trinajstić information content (AvgIpc) is 3.46. The van der Waals surface area contributed by atoms with Gasteiger partial charge in [0.05, 0.1) is 27.5 Å². The van der Waals surface area contributed by atoms with Crippen molar-refractivity contribution in [3.63, 3.8) is 0 Å². The molecule has 1 aromatic heterocycles. The van der Waals surface area contributed by atoms with E-state index in [1.165, 1.54) is 25.3 Å².